The summed E-state index contributed by atoms with van der Waals surface area (Å²) in [5, 5.41) is 4.77. The SMILES string of the molecule is CCNCC1CC1c1ccnc2ccccc12. The number of para-hydroxylation sites is 1. The van der Waals surface area contributed by atoms with E-state index in [0.717, 1.165) is 30.4 Å². The van der Waals surface area contributed by atoms with E-state index in [1.807, 2.05) is 6.20 Å². The molecule has 1 N–H and O–H groups in total. The molecule has 3 rings (SSSR count). The summed E-state index contributed by atoms with van der Waals surface area (Å²) in [4.78, 5) is 4.42. The van der Waals surface area contributed by atoms with Crippen LogP contribution in [-0.2, 0) is 0 Å². The van der Waals surface area contributed by atoms with Gasteiger partial charge >= 0.3 is 0 Å². The van der Waals surface area contributed by atoms with Crippen molar-refractivity contribution >= 4 is 10.9 Å². The number of hydrogen-bond donors (Lipinski definition) is 1. The zero-order valence-corrected chi connectivity index (χ0v) is 10.2. The Morgan fingerprint density at radius 1 is 1.29 bits per heavy atom. The van der Waals surface area contributed by atoms with Crippen molar-refractivity contribution in [2.75, 3.05) is 13.1 Å². The average Bonchev–Trinajstić information content (AvgIpc) is 3.15. The molecule has 88 valence electrons. The second-order valence-corrected chi connectivity index (χ2v) is 4.83. The van der Waals surface area contributed by atoms with E-state index in [-0.39, 0.29) is 0 Å². The molecule has 1 aromatic heterocycles. The minimum Gasteiger partial charge on any atom is -0.317 e. The summed E-state index contributed by atoms with van der Waals surface area (Å²) in [6.07, 6.45) is 3.27. The van der Waals surface area contributed by atoms with Crippen molar-refractivity contribution in [1.82, 2.24) is 10.3 Å². The maximum atomic E-state index is 4.42. The van der Waals surface area contributed by atoms with Gasteiger partial charge in [-0.25, -0.2) is 0 Å². The predicted molar refractivity (Wildman–Crippen MR) is 71.1 cm³/mol. The van der Waals surface area contributed by atoms with Gasteiger partial charge in [0.25, 0.3) is 0 Å². The standard InChI is InChI=1S/C15H18N2/c1-2-16-10-11-9-14(11)12-7-8-17-15-6-4-3-5-13(12)15/h3-8,11,14,16H,2,9-10H2,1H3. The molecular formula is C15H18N2. The van der Waals surface area contributed by atoms with Crippen molar-refractivity contribution in [1.29, 1.82) is 0 Å². The highest BCUT2D eigenvalue weighted by Gasteiger charge is 2.38. The summed E-state index contributed by atoms with van der Waals surface area (Å²) in [6, 6.07) is 10.6. The van der Waals surface area contributed by atoms with Crippen LogP contribution in [0.1, 0.15) is 24.8 Å². The van der Waals surface area contributed by atoms with Gasteiger partial charge < -0.3 is 5.32 Å². The second kappa shape index (κ2) is 4.46. The molecule has 2 unspecified atom stereocenters. The number of nitrogens with zero attached hydrogens (tertiary/aromatic N) is 1. The Labute approximate surface area is 102 Å². The van der Waals surface area contributed by atoms with E-state index in [1.54, 1.807) is 0 Å². The Morgan fingerprint density at radius 3 is 3.06 bits per heavy atom. The van der Waals surface area contributed by atoms with Crippen LogP contribution in [0.3, 0.4) is 0 Å². The molecule has 1 aliphatic carbocycles. The molecule has 1 heterocycles. The molecule has 0 amide bonds. The van der Waals surface area contributed by atoms with Crippen molar-refractivity contribution in [2.24, 2.45) is 5.92 Å². The minimum atomic E-state index is 0.738. The van der Waals surface area contributed by atoms with E-state index in [0.29, 0.717) is 0 Å². The number of aromatic nitrogens is 1. The topological polar surface area (TPSA) is 24.9 Å². The molecule has 1 aromatic carbocycles. The van der Waals surface area contributed by atoms with Crippen LogP contribution in [0, 0.1) is 5.92 Å². The molecule has 1 saturated carbocycles. The Morgan fingerprint density at radius 2 is 2.18 bits per heavy atom. The normalized spacial score (nSPS) is 22.9. The third-order valence-electron chi connectivity index (χ3n) is 3.66. The Bertz CT molecular complexity index is 516. The fourth-order valence-corrected chi connectivity index (χ4v) is 2.63. The Balaban J connectivity index is 1.87. The van der Waals surface area contributed by atoms with Crippen LogP contribution in [0.15, 0.2) is 36.5 Å². The van der Waals surface area contributed by atoms with Gasteiger partial charge in [0.05, 0.1) is 5.52 Å². The fraction of sp³-hybridized carbons (Fsp3) is 0.400. The van der Waals surface area contributed by atoms with Crippen LogP contribution in [0.2, 0.25) is 0 Å². The largest absolute Gasteiger partial charge is 0.317 e. The molecule has 1 aliphatic rings. The molecule has 0 radical (unpaired) electrons. The summed E-state index contributed by atoms with van der Waals surface area (Å²) in [5.74, 6) is 1.56. The quantitative estimate of drug-likeness (QED) is 0.867. The third-order valence-corrected chi connectivity index (χ3v) is 3.66. The van der Waals surface area contributed by atoms with Crippen LogP contribution < -0.4 is 5.32 Å². The first kappa shape index (κ1) is 10.7. The molecule has 2 aromatic rings. The smallest absolute Gasteiger partial charge is 0.0704 e. The first-order valence-electron chi connectivity index (χ1n) is 6.44. The number of nitrogens with one attached hydrogen (secondary N) is 1. The van der Waals surface area contributed by atoms with E-state index in [9.17, 15) is 0 Å². The van der Waals surface area contributed by atoms with E-state index < -0.39 is 0 Å². The van der Waals surface area contributed by atoms with Gasteiger partial charge in [0.1, 0.15) is 0 Å². The molecule has 0 spiro atoms. The van der Waals surface area contributed by atoms with Crippen molar-refractivity contribution in [3.8, 4) is 0 Å². The highest BCUT2D eigenvalue weighted by molar-refractivity contribution is 5.82. The van der Waals surface area contributed by atoms with Gasteiger partial charge in [0.15, 0.2) is 0 Å². The van der Waals surface area contributed by atoms with Crippen molar-refractivity contribution in [3.63, 3.8) is 0 Å². The zero-order chi connectivity index (χ0) is 11.7. The number of benzene rings is 1. The first-order valence-corrected chi connectivity index (χ1v) is 6.44. The first-order chi connectivity index (χ1) is 8.40. The predicted octanol–water partition coefficient (Wildman–Crippen LogP) is 2.95. The minimum absolute atomic E-state index is 0.738. The molecule has 1 fully saturated rings. The average molecular weight is 226 g/mol. The van der Waals surface area contributed by atoms with E-state index in [1.165, 1.54) is 17.4 Å². The lowest BCUT2D eigenvalue weighted by Crippen LogP contribution is -2.16. The fourth-order valence-electron chi connectivity index (χ4n) is 2.63. The lowest BCUT2D eigenvalue weighted by molar-refractivity contribution is 0.650. The summed E-state index contributed by atoms with van der Waals surface area (Å²) in [5.41, 5.74) is 2.61. The highest BCUT2D eigenvalue weighted by Crippen LogP contribution is 2.48. The third kappa shape index (κ3) is 2.05. The van der Waals surface area contributed by atoms with Crippen LogP contribution in [0.25, 0.3) is 10.9 Å². The lowest BCUT2D eigenvalue weighted by atomic mass is 10.0. The van der Waals surface area contributed by atoms with Gasteiger partial charge in [-0.15, -0.1) is 0 Å². The van der Waals surface area contributed by atoms with Gasteiger partial charge in [-0.1, -0.05) is 25.1 Å². The Kier molecular flexibility index (Phi) is 2.81. The van der Waals surface area contributed by atoms with Gasteiger partial charge in [-0.3, -0.25) is 4.98 Å². The summed E-state index contributed by atoms with van der Waals surface area (Å²) >= 11 is 0. The van der Waals surface area contributed by atoms with E-state index in [2.05, 4.69) is 47.6 Å². The van der Waals surface area contributed by atoms with Crippen LogP contribution >= 0.6 is 0 Å². The van der Waals surface area contributed by atoms with Crippen LogP contribution in [-0.4, -0.2) is 18.1 Å². The zero-order valence-electron chi connectivity index (χ0n) is 10.2. The van der Waals surface area contributed by atoms with Gasteiger partial charge in [-0.2, -0.15) is 0 Å². The van der Waals surface area contributed by atoms with Crippen molar-refractivity contribution < 1.29 is 0 Å². The van der Waals surface area contributed by atoms with E-state index in [4.69, 9.17) is 0 Å². The van der Waals surface area contributed by atoms with Gasteiger partial charge in [0, 0.05) is 11.6 Å². The Hall–Kier alpha value is -1.41. The van der Waals surface area contributed by atoms with Crippen molar-refractivity contribution in [3.05, 3.63) is 42.1 Å². The second-order valence-electron chi connectivity index (χ2n) is 4.83. The van der Waals surface area contributed by atoms with Crippen molar-refractivity contribution in [2.45, 2.75) is 19.3 Å². The molecule has 2 nitrogen and oxygen atoms in total. The number of pyridine rings is 1. The number of rotatable bonds is 4. The summed E-state index contributed by atoms with van der Waals surface area (Å²) < 4.78 is 0. The van der Waals surface area contributed by atoms with Crippen LogP contribution in [0.4, 0.5) is 0 Å². The molecular weight excluding hydrogens is 208 g/mol. The molecule has 0 saturated heterocycles. The molecule has 17 heavy (non-hydrogen) atoms. The van der Waals surface area contributed by atoms with Gasteiger partial charge in [-0.05, 0) is 49.0 Å². The lowest BCUT2D eigenvalue weighted by Gasteiger charge is -2.05. The van der Waals surface area contributed by atoms with Crippen LogP contribution in [0.5, 0.6) is 0 Å². The molecule has 0 bridgehead atoms. The molecule has 0 aliphatic heterocycles. The maximum Gasteiger partial charge on any atom is 0.0704 e. The summed E-state index contributed by atoms with van der Waals surface area (Å²) in [6.45, 7) is 4.39. The number of fused-ring (bicyclic) bond motifs is 1. The highest BCUT2D eigenvalue weighted by atomic mass is 14.9. The monoisotopic (exact) mass is 226 g/mol. The van der Waals surface area contributed by atoms with E-state index >= 15 is 0 Å². The number of hydrogen-bond acceptors (Lipinski definition) is 2. The summed E-state index contributed by atoms with van der Waals surface area (Å²) in [7, 11) is 0. The molecule has 2 heteroatoms. The maximum absolute atomic E-state index is 4.42. The van der Waals surface area contributed by atoms with Gasteiger partial charge in [0.2, 0.25) is 0 Å². The molecule has 2 atom stereocenters.